The van der Waals surface area contributed by atoms with Gasteiger partial charge < -0.3 is 9.47 Å². The van der Waals surface area contributed by atoms with Crippen LogP contribution >= 0.6 is 0 Å². The van der Waals surface area contributed by atoms with Crippen molar-refractivity contribution in [1.82, 2.24) is 0 Å². The molecule has 2 heterocycles. The molecule has 0 spiro atoms. The van der Waals surface area contributed by atoms with Crippen LogP contribution in [0.1, 0.15) is 36.8 Å². The molecule has 0 N–H and O–H groups in total. The van der Waals surface area contributed by atoms with Gasteiger partial charge in [-0.1, -0.05) is 24.3 Å². The first-order valence-corrected chi connectivity index (χ1v) is 6.13. The second-order valence-electron chi connectivity index (χ2n) is 4.34. The van der Waals surface area contributed by atoms with Gasteiger partial charge in [-0.15, -0.1) is 0 Å². The van der Waals surface area contributed by atoms with Crippen molar-refractivity contribution in [3.8, 4) is 0 Å². The zero-order chi connectivity index (χ0) is 12.8. The minimum atomic E-state index is -0.218. The van der Waals surface area contributed by atoms with E-state index in [2.05, 4.69) is 0 Å². The maximum absolute atomic E-state index is 11.4. The van der Waals surface area contributed by atoms with Gasteiger partial charge in [0.15, 0.2) is 0 Å². The highest BCUT2D eigenvalue weighted by molar-refractivity contribution is 5.70. The Morgan fingerprint density at radius 3 is 1.50 bits per heavy atom. The lowest BCUT2D eigenvalue weighted by molar-refractivity contribution is -0.147. The Morgan fingerprint density at radius 1 is 0.722 bits per heavy atom. The Kier molecular flexibility index (Phi) is 4.34. The van der Waals surface area contributed by atoms with Gasteiger partial charge in [-0.2, -0.15) is 0 Å². The molecule has 0 radical (unpaired) electrons. The topological polar surface area (TPSA) is 52.6 Å². The van der Waals surface area contributed by atoms with E-state index in [9.17, 15) is 9.59 Å². The predicted octanol–water partition coefficient (Wildman–Crippen LogP) is 2.35. The molecule has 0 saturated carbocycles. The van der Waals surface area contributed by atoms with Crippen LogP contribution in [0.2, 0.25) is 0 Å². The van der Waals surface area contributed by atoms with Gasteiger partial charge in [0.2, 0.25) is 0 Å². The number of carbonyl (C=O) groups excluding carboxylic acids is 2. The van der Waals surface area contributed by atoms with Crippen molar-refractivity contribution < 1.29 is 19.1 Å². The standard InChI is InChI=1S/C14H16O4/c15-13-3-1-2-4-14(16)18-10-12-7-5-11(6-8-12)9-17-13/h5-8H,1-4,9-10H2. The highest BCUT2D eigenvalue weighted by atomic mass is 16.5. The number of esters is 2. The summed E-state index contributed by atoms with van der Waals surface area (Å²) in [5.41, 5.74) is 1.88. The fourth-order valence-corrected chi connectivity index (χ4v) is 1.74. The van der Waals surface area contributed by atoms with Crippen LogP contribution in [0, 0.1) is 0 Å². The smallest absolute Gasteiger partial charge is 0.306 e. The molecule has 3 rings (SSSR count). The van der Waals surface area contributed by atoms with Crippen LogP contribution in [0.5, 0.6) is 0 Å². The number of rotatable bonds is 0. The summed E-state index contributed by atoms with van der Waals surface area (Å²) in [6.45, 7) is 0.609. The third kappa shape index (κ3) is 3.87. The molecule has 0 aliphatic carbocycles. The van der Waals surface area contributed by atoms with Gasteiger partial charge >= 0.3 is 11.9 Å². The van der Waals surface area contributed by atoms with E-state index in [0.717, 1.165) is 11.1 Å². The van der Waals surface area contributed by atoms with Gasteiger partial charge in [0.05, 0.1) is 0 Å². The average Bonchev–Trinajstić information content (AvgIpc) is 2.39. The van der Waals surface area contributed by atoms with Gasteiger partial charge in [0.25, 0.3) is 0 Å². The van der Waals surface area contributed by atoms with Crippen molar-refractivity contribution in [2.24, 2.45) is 0 Å². The Morgan fingerprint density at radius 2 is 1.11 bits per heavy atom. The Balaban J connectivity index is 2.05. The summed E-state index contributed by atoms with van der Waals surface area (Å²) in [5, 5.41) is 0. The molecule has 0 atom stereocenters. The molecule has 2 aliphatic heterocycles. The Bertz CT molecular complexity index is 381. The molecule has 18 heavy (non-hydrogen) atoms. The summed E-state index contributed by atoms with van der Waals surface area (Å²) >= 11 is 0. The highest BCUT2D eigenvalue weighted by Gasteiger charge is 2.08. The normalized spacial score (nSPS) is 17.8. The quantitative estimate of drug-likeness (QED) is 0.661. The van der Waals surface area contributed by atoms with E-state index in [1.165, 1.54) is 0 Å². The van der Waals surface area contributed by atoms with Gasteiger partial charge in [0.1, 0.15) is 13.2 Å². The molecule has 0 unspecified atom stereocenters. The molecule has 1 aromatic carbocycles. The molecular weight excluding hydrogens is 232 g/mol. The molecule has 2 bridgehead atoms. The molecule has 0 saturated heterocycles. The number of hydrogen-bond acceptors (Lipinski definition) is 4. The zero-order valence-electron chi connectivity index (χ0n) is 10.2. The first kappa shape index (κ1) is 12.6. The lowest BCUT2D eigenvalue weighted by Gasteiger charge is -2.09. The molecule has 1 aromatic rings. The van der Waals surface area contributed by atoms with Crippen LogP contribution in [0.25, 0.3) is 0 Å². The van der Waals surface area contributed by atoms with Crippen LogP contribution in [0.3, 0.4) is 0 Å². The minimum absolute atomic E-state index is 0.218. The number of carbonyl (C=O) groups is 2. The number of benzene rings is 1. The maximum atomic E-state index is 11.4. The predicted molar refractivity (Wildman–Crippen MR) is 64.5 cm³/mol. The summed E-state index contributed by atoms with van der Waals surface area (Å²) in [6.07, 6.45) is 2.02. The summed E-state index contributed by atoms with van der Waals surface area (Å²) in [4.78, 5) is 22.8. The zero-order valence-corrected chi connectivity index (χ0v) is 10.2. The first-order chi connectivity index (χ1) is 8.74. The van der Waals surface area contributed by atoms with E-state index in [4.69, 9.17) is 9.47 Å². The molecule has 4 nitrogen and oxygen atoms in total. The van der Waals surface area contributed by atoms with E-state index in [1.54, 1.807) is 0 Å². The first-order valence-electron chi connectivity index (χ1n) is 6.13. The largest absolute Gasteiger partial charge is 0.461 e. The van der Waals surface area contributed by atoms with E-state index in [0.29, 0.717) is 38.9 Å². The lowest BCUT2D eigenvalue weighted by Crippen LogP contribution is -2.08. The van der Waals surface area contributed by atoms with E-state index in [-0.39, 0.29) is 11.9 Å². The van der Waals surface area contributed by atoms with E-state index >= 15 is 0 Å². The van der Waals surface area contributed by atoms with Gasteiger partial charge in [-0.25, -0.2) is 0 Å². The number of ether oxygens (including phenoxy) is 2. The SMILES string of the molecule is O=C1CCCCC(=O)OCc2ccc(cc2)CO1. The van der Waals surface area contributed by atoms with E-state index in [1.807, 2.05) is 24.3 Å². The minimum Gasteiger partial charge on any atom is -0.461 e. The third-order valence-electron chi connectivity index (χ3n) is 2.83. The molecular formula is C14H16O4. The van der Waals surface area contributed by atoms with Gasteiger partial charge in [-0.05, 0) is 24.0 Å². The van der Waals surface area contributed by atoms with Crippen LogP contribution in [-0.2, 0) is 32.3 Å². The molecule has 0 amide bonds. The summed E-state index contributed by atoms with van der Waals surface area (Å²) < 4.78 is 10.3. The van der Waals surface area contributed by atoms with Crippen LogP contribution in [-0.4, -0.2) is 11.9 Å². The van der Waals surface area contributed by atoms with Crippen molar-refractivity contribution in [3.05, 3.63) is 35.4 Å². The summed E-state index contributed by atoms with van der Waals surface area (Å²) in [5.74, 6) is -0.436. The fraction of sp³-hybridized carbons (Fsp3) is 0.429. The van der Waals surface area contributed by atoms with Crippen molar-refractivity contribution in [3.63, 3.8) is 0 Å². The maximum Gasteiger partial charge on any atom is 0.306 e. The van der Waals surface area contributed by atoms with Crippen LogP contribution < -0.4 is 0 Å². The number of hydrogen-bond donors (Lipinski definition) is 0. The molecule has 2 aliphatic rings. The van der Waals surface area contributed by atoms with Crippen molar-refractivity contribution >= 4 is 11.9 Å². The highest BCUT2D eigenvalue weighted by Crippen LogP contribution is 2.11. The monoisotopic (exact) mass is 248 g/mol. The van der Waals surface area contributed by atoms with E-state index < -0.39 is 0 Å². The van der Waals surface area contributed by atoms with Crippen molar-refractivity contribution in [2.75, 3.05) is 0 Å². The summed E-state index contributed by atoms with van der Waals surface area (Å²) in [6, 6.07) is 7.51. The van der Waals surface area contributed by atoms with Gasteiger partial charge in [0, 0.05) is 12.8 Å². The Labute approximate surface area is 106 Å². The molecule has 96 valence electrons. The van der Waals surface area contributed by atoms with Crippen molar-refractivity contribution in [2.45, 2.75) is 38.9 Å². The Hall–Kier alpha value is -1.84. The second-order valence-corrected chi connectivity index (χ2v) is 4.34. The summed E-state index contributed by atoms with van der Waals surface area (Å²) in [7, 11) is 0. The second kappa shape index (κ2) is 6.19. The molecule has 0 fully saturated rings. The fourth-order valence-electron chi connectivity index (χ4n) is 1.74. The third-order valence-corrected chi connectivity index (χ3v) is 2.83. The van der Waals surface area contributed by atoms with Crippen molar-refractivity contribution in [1.29, 1.82) is 0 Å². The number of fused-ring (bicyclic) bond motifs is 11. The molecule has 0 aromatic heterocycles. The molecule has 4 heteroatoms. The van der Waals surface area contributed by atoms with Gasteiger partial charge in [-0.3, -0.25) is 9.59 Å². The average molecular weight is 248 g/mol. The van der Waals surface area contributed by atoms with Crippen LogP contribution in [0.4, 0.5) is 0 Å². The lowest BCUT2D eigenvalue weighted by atomic mass is 10.1. The van der Waals surface area contributed by atoms with Crippen LogP contribution in [0.15, 0.2) is 24.3 Å².